The van der Waals surface area contributed by atoms with Crippen LogP contribution in [0.25, 0.3) is 11.0 Å². The van der Waals surface area contributed by atoms with Crippen LogP contribution in [0.4, 0.5) is 5.69 Å². The number of furan rings is 1. The first kappa shape index (κ1) is 27.3. The van der Waals surface area contributed by atoms with Crippen LogP contribution in [-0.4, -0.2) is 41.8 Å². The van der Waals surface area contributed by atoms with Crippen LogP contribution in [-0.2, 0) is 0 Å². The number of hydrogen-bond donors (Lipinski definition) is 0. The van der Waals surface area contributed by atoms with Gasteiger partial charge in [-0.15, -0.1) is 12.4 Å². The Morgan fingerprint density at radius 2 is 1.62 bits per heavy atom. The standard InChI is InChI=1S/C26H32N2O5.ClH/c1-3-5-14-27(15-6-4-2)16-7-17-32-23-11-8-20(9-12-23)26(29)25-19-21-18-22(28(30)31)10-13-24(21)33-25;/h8-13,18-19H,3-7,14-17H2,1-2H3;1H. The number of unbranched alkanes of at least 4 members (excludes halogenated alkanes) is 2. The fourth-order valence-corrected chi connectivity index (χ4v) is 3.68. The number of fused-ring (bicyclic) bond motifs is 1. The summed E-state index contributed by atoms with van der Waals surface area (Å²) >= 11 is 0. The number of benzene rings is 2. The minimum absolute atomic E-state index is 0. The molecule has 3 rings (SSSR count). The van der Waals surface area contributed by atoms with E-state index in [1.807, 2.05) is 0 Å². The average molecular weight is 489 g/mol. The number of ketones is 1. The van der Waals surface area contributed by atoms with Crippen molar-refractivity contribution < 1.29 is 18.9 Å². The second-order valence-corrected chi connectivity index (χ2v) is 8.19. The lowest BCUT2D eigenvalue weighted by Gasteiger charge is -2.21. The molecule has 0 saturated carbocycles. The molecule has 0 spiro atoms. The highest BCUT2D eigenvalue weighted by atomic mass is 35.5. The summed E-state index contributed by atoms with van der Waals surface area (Å²) in [7, 11) is 0. The number of ether oxygens (including phenoxy) is 1. The fraction of sp³-hybridized carbons (Fsp3) is 0.423. The van der Waals surface area contributed by atoms with Crippen LogP contribution in [0.15, 0.2) is 52.9 Å². The minimum atomic E-state index is -0.472. The molecule has 184 valence electrons. The lowest BCUT2D eigenvalue weighted by Crippen LogP contribution is -2.28. The zero-order valence-corrected chi connectivity index (χ0v) is 20.6. The van der Waals surface area contributed by atoms with Crippen LogP contribution in [0.5, 0.6) is 5.75 Å². The van der Waals surface area contributed by atoms with Gasteiger partial charge in [-0.3, -0.25) is 14.9 Å². The second kappa shape index (κ2) is 13.7. The molecule has 1 aromatic heterocycles. The van der Waals surface area contributed by atoms with Crippen LogP contribution >= 0.6 is 12.4 Å². The molecule has 7 nitrogen and oxygen atoms in total. The third-order valence-electron chi connectivity index (χ3n) is 5.59. The summed E-state index contributed by atoms with van der Waals surface area (Å²) in [5, 5.41) is 11.5. The molecule has 0 amide bonds. The SMILES string of the molecule is CCCCN(CCCC)CCCOc1ccc(C(=O)c2cc3cc([N+](=O)[O-])ccc3o2)cc1.Cl. The van der Waals surface area contributed by atoms with Gasteiger partial charge < -0.3 is 14.1 Å². The Bertz CT molecular complexity index is 1060. The molecule has 0 atom stereocenters. The number of nitro benzene ring substituents is 1. The van der Waals surface area contributed by atoms with Gasteiger partial charge in [-0.05, 0) is 68.8 Å². The minimum Gasteiger partial charge on any atom is -0.494 e. The molecule has 8 heteroatoms. The monoisotopic (exact) mass is 488 g/mol. The molecular weight excluding hydrogens is 456 g/mol. The Morgan fingerprint density at radius 3 is 2.24 bits per heavy atom. The van der Waals surface area contributed by atoms with E-state index in [4.69, 9.17) is 9.15 Å². The molecular formula is C26H33ClN2O5. The molecule has 0 N–H and O–H groups in total. The molecule has 0 fully saturated rings. The first-order valence-corrected chi connectivity index (χ1v) is 11.7. The summed E-state index contributed by atoms with van der Waals surface area (Å²) < 4.78 is 11.5. The van der Waals surface area contributed by atoms with E-state index in [-0.39, 0.29) is 29.6 Å². The maximum absolute atomic E-state index is 12.8. The number of carbonyl (C=O) groups excluding carboxylic acids is 1. The summed E-state index contributed by atoms with van der Waals surface area (Å²) in [4.78, 5) is 25.8. The third kappa shape index (κ3) is 7.57. The van der Waals surface area contributed by atoms with Crippen molar-refractivity contribution in [3.05, 3.63) is 70.0 Å². The Balaban J connectivity index is 0.00000408. The highest BCUT2D eigenvalue weighted by Gasteiger charge is 2.17. The van der Waals surface area contributed by atoms with Gasteiger partial charge in [-0.25, -0.2) is 0 Å². The molecule has 0 aliphatic rings. The number of rotatable bonds is 14. The summed E-state index contributed by atoms with van der Waals surface area (Å²) in [6, 6.07) is 12.8. The summed E-state index contributed by atoms with van der Waals surface area (Å²) in [6.07, 6.45) is 5.82. The van der Waals surface area contributed by atoms with Gasteiger partial charge in [0.25, 0.3) is 5.69 Å². The second-order valence-electron chi connectivity index (χ2n) is 8.19. The van der Waals surface area contributed by atoms with Gasteiger partial charge in [0.2, 0.25) is 5.78 Å². The number of nitro groups is 1. The van der Waals surface area contributed by atoms with Crippen molar-refractivity contribution in [2.24, 2.45) is 0 Å². The van der Waals surface area contributed by atoms with E-state index in [9.17, 15) is 14.9 Å². The van der Waals surface area contributed by atoms with Crippen molar-refractivity contribution in [1.29, 1.82) is 0 Å². The lowest BCUT2D eigenvalue weighted by molar-refractivity contribution is -0.384. The largest absolute Gasteiger partial charge is 0.494 e. The predicted octanol–water partition coefficient (Wildman–Crippen LogP) is 6.66. The van der Waals surface area contributed by atoms with E-state index in [2.05, 4.69) is 18.7 Å². The van der Waals surface area contributed by atoms with E-state index in [0.717, 1.165) is 31.8 Å². The van der Waals surface area contributed by atoms with E-state index in [0.29, 0.717) is 23.1 Å². The quantitative estimate of drug-likeness (QED) is 0.109. The molecule has 0 radical (unpaired) electrons. The highest BCUT2D eigenvalue weighted by molar-refractivity contribution is 6.09. The summed E-state index contributed by atoms with van der Waals surface area (Å²) in [5.41, 5.74) is 0.875. The van der Waals surface area contributed by atoms with Gasteiger partial charge in [-0.2, -0.15) is 0 Å². The molecule has 0 bridgehead atoms. The van der Waals surface area contributed by atoms with E-state index in [1.54, 1.807) is 24.3 Å². The first-order chi connectivity index (χ1) is 16.0. The van der Waals surface area contributed by atoms with Gasteiger partial charge >= 0.3 is 0 Å². The third-order valence-corrected chi connectivity index (χ3v) is 5.59. The Hall–Kier alpha value is -2.90. The van der Waals surface area contributed by atoms with E-state index < -0.39 is 4.92 Å². The van der Waals surface area contributed by atoms with Crippen LogP contribution < -0.4 is 4.74 Å². The molecule has 3 aromatic rings. The summed E-state index contributed by atoms with van der Waals surface area (Å²) in [5.74, 6) is 0.599. The van der Waals surface area contributed by atoms with Crippen LogP contribution in [0.1, 0.15) is 62.1 Å². The summed E-state index contributed by atoms with van der Waals surface area (Å²) in [6.45, 7) is 8.38. The van der Waals surface area contributed by atoms with E-state index in [1.165, 1.54) is 49.9 Å². The molecule has 0 aliphatic heterocycles. The fourth-order valence-electron chi connectivity index (χ4n) is 3.68. The molecule has 2 aromatic carbocycles. The molecule has 0 saturated heterocycles. The van der Waals surface area contributed by atoms with Gasteiger partial charge in [0.05, 0.1) is 11.5 Å². The predicted molar refractivity (Wildman–Crippen MR) is 136 cm³/mol. The number of nitrogens with zero attached hydrogens (tertiary/aromatic N) is 2. The average Bonchev–Trinajstić information content (AvgIpc) is 3.26. The number of halogens is 1. The zero-order valence-electron chi connectivity index (χ0n) is 19.8. The smallest absolute Gasteiger partial charge is 0.270 e. The number of non-ortho nitro benzene ring substituents is 1. The van der Waals surface area contributed by atoms with E-state index >= 15 is 0 Å². The van der Waals surface area contributed by atoms with Crippen LogP contribution in [0, 0.1) is 10.1 Å². The number of carbonyl (C=O) groups is 1. The van der Waals surface area contributed by atoms with Gasteiger partial charge in [0, 0.05) is 29.6 Å². The molecule has 0 aliphatic carbocycles. The van der Waals surface area contributed by atoms with Crippen molar-refractivity contribution in [3.8, 4) is 5.75 Å². The normalized spacial score (nSPS) is 10.9. The zero-order chi connectivity index (χ0) is 23.6. The van der Waals surface area contributed by atoms with Crippen LogP contribution in [0.2, 0.25) is 0 Å². The first-order valence-electron chi connectivity index (χ1n) is 11.7. The van der Waals surface area contributed by atoms with Crippen molar-refractivity contribution in [2.45, 2.75) is 46.0 Å². The molecule has 0 unspecified atom stereocenters. The lowest BCUT2D eigenvalue weighted by atomic mass is 10.1. The Morgan fingerprint density at radius 1 is 0.971 bits per heavy atom. The Labute approximate surface area is 206 Å². The number of hydrogen-bond acceptors (Lipinski definition) is 6. The van der Waals surface area contributed by atoms with Gasteiger partial charge in [0.15, 0.2) is 5.76 Å². The maximum atomic E-state index is 12.8. The van der Waals surface area contributed by atoms with Gasteiger partial charge in [-0.1, -0.05) is 26.7 Å². The van der Waals surface area contributed by atoms with Crippen molar-refractivity contribution in [3.63, 3.8) is 0 Å². The van der Waals surface area contributed by atoms with Crippen molar-refractivity contribution in [2.75, 3.05) is 26.2 Å². The van der Waals surface area contributed by atoms with Crippen molar-refractivity contribution in [1.82, 2.24) is 4.90 Å². The van der Waals surface area contributed by atoms with Crippen LogP contribution in [0.3, 0.4) is 0 Å². The highest BCUT2D eigenvalue weighted by Crippen LogP contribution is 2.26. The topological polar surface area (TPSA) is 85.8 Å². The molecule has 34 heavy (non-hydrogen) atoms. The van der Waals surface area contributed by atoms with Crippen molar-refractivity contribution >= 4 is 34.8 Å². The maximum Gasteiger partial charge on any atom is 0.270 e. The van der Waals surface area contributed by atoms with Gasteiger partial charge in [0.1, 0.15) is 11.3 Å². The molecule has 1 heterocycles. The Kier molecular flexibility index (Phi) is 11.0.